The lowest BCUT2D eigenvalue weighted by Gasteiger charge is -2.28. The van der Waals surface area contributed by atoms with Gasteiger partial charge in [0.25, 0.3) is 0 Å². The molecule has 1 aliphatic carbocycles. The highest BCUT2D eigenvalue weighted by Crippen LogP contribution is 2.38. The zero-order chi connectivity index (χ0) is 10.3. The van der Waals surface area contributed by atoms with Gasteiger partial charge in [0.2, 0.25) is 0 Å². The standard InChI is InChI=1S/C12H19NO2/c14-12(10-2-1-7-15-8-10)5-6-13(9-12)11-3-4-11/h8,11,14H,1-7,9H2. The molecule has 2 aliphatic heterocycles. The van der Waals surface area contributed by atoms with Crippen LogP contribution in [0.3, 0.4) is 0 Å². The molecule has 1 saturated heterocycles. The van der Waals surface area contributed by atoms with Gasteiger partial charge in [-0.3, -0.25) is 4.90 Å². The minimum absolute atomic E-state index is 0.580. The summed E-state index contributed by atoms with van der Waals surface area (Å²) in [7, 11) is 0. The maximum atomic E-state index is 10.6. The molecular weight excluding hydrogens is 190 g/mol. The fraction of sp³-hybridized carbons (Fsp3) is 0.833. The number of nitrogens with zero attached hydrogens (tertiary/aromatic N) is 1. The highest BCUT2D eigenvalue weighted by Gasteiger charge is 2.44. The molecule has 15 heavy (non-hydrogen) atoms. The van der Waals surface area contributed by atoms with Gasteiger partial charge in [0.15, 0.2) is 0 Å². The van der Waals surface area contributed by atoms with Gasteiger partial charge in [0.05, 0.1) is 12.9 Å². The van der Waals surface area contributed by atoms with Gasteiger partial charge in [-0.05, 0) is 37.7 Å². The van der Waals surface area contributed by atoms with E-state index in [1.165, 1.54) is 12.8 Å². The molecule has 1 saturated carbocycles. The van der Waals surface area contributed by atoms with Crippen molar-refractivity contribution in [2.75, 3.05) is 19.7 Å². The second-order valence-corrected chi connectivity index (χ2v) is 5.10. The first kappa shape index (κ1) is 9.67. The molecule has 1 unspecified atom stereocenters. The maximum absolute atomic E-state index is 10.6. The minimum Gasteiger partial charge on any atom is -0.501 e. The molecule has 3 heteroatoms. The number of ether oxygens (including phenoxy) is 1. The maximum Gasteiger partial charge on any atom is 0.103 e. The van der Waals surface area contributed by atoms with Gasteiger partial charge >= 0.3 is 0 Å². The van der Waals surface area contributed by atoms with E-state index in [4.69, 9.17) is 4.74 Å². The zero-order valence-electron chi connectivity index (χ0n) is 9.11. The van der Waals surface area contributed by atoms with Crippen LogP contribution in [0.2, 0.25) is 0 Å². The summed E-state index contributed by atoms with van der Waals surface area (Å²) < 4.78 is 5.33. The van der Waals surface area contributed by atoms with E-state index in [0.717, 1.165) is 50.6 Å². The van der Waals surface area contributed by atoms with Crippen LogP contribution in [-0.4, -0.2) is 41.3 Å². The van der Waals surface area contributed by atoms with Gasteiger partial charge in [0, 0.05) is 19.1 Å². The molecule has 0 radical (unpaired) electrons. The second-order valence-electron chi connectivity index (χ2n) is 5.10. The Bertz CT molecular complexity index is 285. The fourth-order valence-corrected chi connectivity index (χ4v) is 2.74. The first-order valence-electron chi connectivity index (χ1n) is 6.05. The van der Waals surface area contributed by atoms with Gasteiger partial charge in [-0.25, -0.2) is 0 Å². The van der Waals surface area contributed by atoms with E-state index < -0.39 is 5.60 Å². The van der Waals surface area contributed by atoms with Crippen LogP contribution in [0.15, 0.2) is 11.8 Å². The van der Waals surface area contributed by atoms with Gasteiger partial charge in [-0.15, -0.1) is 0 Å². The molecule has 3 nitrogen and oxygen atoms in total. The summed E-state index contributed by atoms with van der Waals surface area (Å²) in [5.74, 6) is 0. The number of rotatable bonds is 2. The number of likely N-dealkylation sites (tertiary alicyclic amines) is 1. The van der Waals surface area contributed by atoms with Crippen molar-refractivity contribution in [2.45, 2.75) is 43.7 Å². The molecule has 0 aromatic heterocycles. The van der Waals surface area contributed by atoms with Gasteiger partial charge in [-0.2, -0.15) is 0 Å². The molecule has 0 aromatic carbocycles. The van der Waals surface area contributed by atoms with Gasteiger partial charge < -0.3 is 9.84 Å². The Balaban J connectivity index is 1.70. The molecule has 0 aromatic rings. The van der Waals surface area contributed by atoms with Crippen LogP contribution < -0.4 is 0 Å². The molecule has 0 bridgehead atoms. The SMILES string of the molecule is OC1(C2=COCCC2)CCN(C2CC2)C1. The van der Waals surface area contributed by atoms with E-state index in [9.17, 15) is 5.11 Å². The number of aliphatic hydroxyl groups is 1. The third kappa shape index (κ3) is 1.79. The molecular formula is C12H19NO2. The monoisotopic (exact) mass is 209 g/mol. The second kappa shape index (κ2) is 3.49. The van der Waals surface area contributed by atoms with Crippen molar-refractivity contribution in [2.24, 2.45) is 0 Å². The quantitative estimate of drug-likeness (QED) is 0.743. The smallest absolute Gasteiger partial charge is 0.103 e. The third-order valence-electron chi connectivity index (χ3n) is 3.87. The fourth-order valence-electron chi connectivity index (χ4n) is 2.74. The normalized spacial score (nSPS) is 37.5. The average molecular weight is 209 g/mol. The lowest BCUT2D eigenvalue weighted by molar-refractivity contribution is 0.0689. The summed E-state index contributed by atoms with van der Waals surface area (Å²) in [6.45, 7) is 2.69. The molecule has 3 rings (SSSR count). The Morgan fingerprint density at radius 1 is 1.47 bits per heavy atom. The molecule has 3 aliphatic rings. The van der Waals surface area contributed by atoms with Crippen LogP contribution >= 0.6 is 0 Å². The topological polar surface area (TPSA) is 32.7 Å². The van der Waals surface area contributed by atoms with Gasteiger partial charge in [-0.1, -0.05) is 0 Å². The van der Waals surface area contributed by atoms with Crippen molar-refractivity contribution in [1.82, 2.24) is 4.90 Å². The lowest BCUT2D eigenvalue weighted by atomic mass is 9.89. The summed E-state index contributed by atoms with van der Waals surface area (Å²) in [5, 5.41) is 10.6. The van der Waals surface area contributed by atoms with Crippen LogP contribution in [-0.2, 0) is 4.74 Å². The highest BCUT2D eigenvalue weighted by molar-refractivity contribution is 5.20. The van der Waals surface area contributed by atoms with Crippen molar-refractivity contribution in [3.63, 3.8) is 0 Å². The first-order chi connectivity index (χ1) is 7.28. The zero-order valence-corrected chi connectivity index (χ0v) is 9.11. The van der Waals surface area contributed by atoms with E-state index in [1.54, 1.807) is 6.26 Å². The van der Waals surface area contributed by atoms with Crippen molar-refractivity contribution >= 4 is 0 Å². The Hall–Kier alpha value is -0.540. The van der Waals surface area contributed by atoms with E-state index in [0.29, 0.717) is 0 Å². The summed E-state index contributed by atoms with van der Waals surface area (Å²) in [4.78, 5) is 2.44. The molecule has 2 fully saturated rings. The van der Waals surface area contributed by atoms with Crippen molar-refractivity contribution in [3.05, 3.63) is 11.8 Å². The molecule has 1 N–H and O–H groups in total. The summed E-state index contributed by atoms with van der Waals surface area (Å²) in [6, 6.07) is 0.768. The van der Waals surface area contributed by atoms with Crippen LogP contribution in [0.25, 0.3) is 0 Å². The van der Waals surface area contributed by atoms with E-state index in [-0.39, 0.29) is 0 Å². The van der Waals surface area contributed by atoms with E-state index in [2.05, 4.69) is 4.90 Å². The van der Waals surface area contributed by atoms with E-state index >= 15 is 0 Å². The Morgan fingerprint density at radius 2 is 2.33 bits per heavy atom. The number of hydrogen-bond donors (Lipinski definition) is 1. The van der Waals surface area contributed by atoms with Crippen LogP contribution in [0, 0.1) is 0 Å². The minimum atomic E-state index is -0.580. The van der Waals surface area contributed by atoms with Crippen molar-refractivity contribution in [3.8, 4) is 0 Å². The predicted molar refractivity (Wildman–Crippen MR) is 57.4 cm³/mol. The Labute approximate surface area is 90.7 Å². The Morgan fingerprint density at radius 3 is 3.00 bits per heavy atom. The van der Waals surface area contributed by atoms with Crippen LogP contribution in [0.4, 0.5) is 0 Å². The molecule has 1 atom stereocenters. The van der Waals surface area contributed by atoms with Crippen molar-refractivity contribution < 1.29 is 9.84 Å². The lowest BCUT2D eigenvalue weighted by Crippen LogP contribution is -2.36. The Kier molecular flexibility index (Phi) is 2.25. The molecule has 0 spiro atoms. The molecule has 84 valence electrons. The molecule has 2 heterocycles. The third-order valence-corrected chi connectivity index (χ3v) is 3.87. The largest absolute Gasteiger partial charge is 0.501 e. The summed E-state index contributed by atoms with van der Waals surface area (Å²) in [5.41, 5.74) is 0.542. The predicted octanol–water partition coefficient (Wildman–Crippen LogP) is 1.28. The summed E-state index contributed by atoms with van der Waals surface area (Å²) >= 11 is 0. The highest BCUT2D eigenvalue weighted by atomic mass is 16.5. The van der Waals surface area contributed by atoms with Gasteiger partial charge in [0.1, 0.15) is 5.60 Å². The number of hydrogen-bond acceptors (Lipinski definition) is 3. The number of β-amino-alcohol motifs (C(OH)–C–C–N with tert-alkyl or cyclic N) is 1. The van der Waals surface area contributed by atoms with E-state index in [1.807, 2.05) is 0 Å². The summed E-state index contributed by atoms with van der Waals surface area (Å²) in [6.07, 6.45) is 7.41. The van der Waals surface area contributed by atoms with Crippen molar-refractivity contribution in [1.29, 1.82) is 0 Å². The van der Waals surface area contributed by atoms with Crippen LogP contribution in [0.5, 0.6) is 0 Å². The van der Waals surface area contributed by atoms with Crippen LogP contribution in [0.1, 0.15) is 32.1 Å². The average Bonchev–Trinajstić information content (AvgIpc) is 3.04. The first-order valence-corrected chi connectivity index (χ1v) is 6.05. The molecule has 0 amide bonds.